The molecule has 0 bridgehead atoms. The Bertz CT molecular complexity index is 169. The second kappa shape index (κ2) is 2.42. The number of rotatable bonds is 0. The van der Waals surface area contributed by atoms with Crippen LogP contribution in [0.3, 0.4) is 0 Å². The molecular weight excluding hydrogens is 153 g/mol. The third kappa shape index (κ3) is 1.12. The molecule has 1 aliphatic heterocycles. The van der Waals surface area contributed by atoms with E-state index in [1.165, 1.54) is 11.8 Å². The molecule has 0 saturated carbocycles. The Labute approximate surface area is 63.8 Å². The van der Waals surface area contributed by atoms with Crippen LogP contribution in [0.5, 0.6) is 0 Å². The first-order valence-corrected chi connectivity index (χ1v) is 4.24. The van der Waals surface area contributed by atoms with E-state index < -0.39 is 11.8 Å². The maximum atomic E-state index is 13.1. The molecule has 1 heterocycles. The summed E-state index contributed by atoms with van der Waals surface area (Å²) in [6.07, 6.45) is 0.721. The van der Waals surface area contributed by atoms with Crippen molar-refractivity contribution in [3.8, 4) is 0 Å². The van der Waals surface area contributed by atoms with Crippen molar-refractivity contribution >= 4 is 16.8 Å². The summed E-state index contributed by atoms with van der Waals surface area (Å²) in [6, 6.07) is 0. The van der Waals surface area contributed by atoms with Gasteiger partial charge >= 0.3 is 0 Å². The van der Waals surface area contributed by atoms with Crippen molar-refractivity contribution < 1.29 is 9.23 Å². The number of hydrogen-bond donors (Lipinski definition) is 0. The fourth-order valence-electron chi connectivity index (χ4n) is 0.693. The first-order chi connectivity index (χ1) is 4.58. The fraction of sp³-hybridized carbons (Fsp3) is 0.833. The van der Waals surface area contributed by atoms with Crippen molar-refractivity contribution in [2.45, 2.75) is 25.6 Å². The van der Waals surface area contributed by atoms with Crippen molar-refractivity contribution in [3.63, 3.8) is 0 Å². The van der Waals surface area contributed by atoms with Gasteiger partial charge in [-0.15, -0.1) is 11.8 Å². The van der Waals surface area contributed by atoms with Gasteiger partial charge in [0.25, 0.3) is 0 Å². The zero-order valence-corrected chi connectivity index (χ0v) is 7.04. The molecular formula is C6H10FNOS. The van der Waals surface area contributed by atoms with Crippen molar-refractivity contribution in [3.05, 3.63) is 0 Å². The minimum absolute atomic E-state index is 0.435. The van der Waals surface area contributed by atoms with Gasteiger partial charge in [0, 0.05) is 0 Å². The molecule has 0 fully saturated rings. The maximum Gasteiger partial charge on any atom is 0.193 e. The molecule has 1 unspecified atom stereocenters. The molecule has 0 N–H and O–H groups in total. The average Bonchev–Trinajstić information content (AvgIpc) is 2.10. The highest BCUT2D eigenvalue weighted by Crippen LogP contribution is 2.29. The lowest BCUT2D eigenvalue weighted by Crippen LogP contribution is -2.33. The number of thioether (sulfide) groups is 1. The van der Waals surface area contributed by atoms with Crippen LogP contribution in [0.1, 0.15) is 13.8 Å². The van der Waals surface area contributed by atoms with Crippen molar-refractivity contribution in [1.82, 2.24) is 0 Å². The van der Waals surface area contributed by atoms with Crippen LogP contribution in [0.25, 0.3) is 0 Å². The van der Waals surface area contributed by atoms with Crippen LogP contribution < -0.4 is 0 Å². The Balaban J connectivity index is 2.69. The summed E-state index contributed by atoms with van der Waals surface area (Å²) in [5.41, 5.74) is -0.766. The molecule has 0 aromatic carbocycles. The molecule has 1 atom stereocenters. The van der Waals surface area contributed by atoms with Gasteiger partial charge in [-0.25, -0.2) is 4.39 Å². The highest BCUT2D eigenvalue weighted by atomic mass is 32.2. The van der Waals surface area contributed by atoms with Crippen LogP contribution in [0, 0.1) is 0 Å². The zero-order valence-electron chi connectivity index (χ0n) is 6.22. The van der Waals surface area contributed by atoms with E-state index in [2.05, 4.69) is 5.16 Å². The first kappa shape index (κ1) is 7.85. The highest BCUT2D eigenvalue weighted by molar-refractivity contribution is 8.13. The quantitative estimate of drug-likeness (QED) is 0.543. The van der Waals surface area contributed by atoms with E-state index in [9.17, 15) is 4.39 Å². The third-order valence-corrected chi connectivity index (χ3v) is 2.11. The van der Waals surface area contributed by atoms with Gasteiger partial charge in [-0.1, -0.05) is 5.16 Å². The predicted molar refractivity (Wildman–Crippen MR) is 41.0 cm³/mol. The van der Waals surface area contributed by atoms with Crippen molar-refractivity contribution in [2.24, 2.45) is 5.16 Å². The molecule has 0 aliphatic carbocycles. The lowest BCUT2D eigenvalue weighted by molar-refractivity contribution is -0.0232. The van der Waals surface area contributed by atoms with Gasteiger partial charge in [-0.2, -0.15) is 0 Å². The SMILES string of the molecule is CSC1=NOC(C)(C)C1F. The fourth-order valence-corrected chi connectivity index (χ4v) is 1.30. The average molecular weight is 163 g/mol. The van der Waals surface area contributed by atoms with Gasteiger partial charge in [0.1, 0.15) is 0 Å². The summed E-state index contributed by atoms with van der Waals surface area (Å²) in [7, 11) is 0. The van der Waals surface area contributed by atoms with Crippen LogP contribution in [0.2, 0.25) is 0 Å². The van der Waals surface area contributed by atoms with Gasteiger partial charge in [0.2, 0.25) is 0 Å². The Morgan fingerprint density at radius 3 is 2.50 bits per heavy atom. The number of nitrogens with zero attached hydrogens (tertiary/aromatic N) is 1. The molecule has 0 spiro atoms. The monoisotopic (exact) mass is 163 g/mol. The molecule has 58 valence electrons. The highest BCUT2D eigenvalue weighted by Gasteiger charge is 2.41. The molecule has 10 heavy (non-hydrogen) atoms. The molecule has 4 heteroatoms. The molecule has 0 amide bonds. The van der Waals surface area contributed by atoms with Gasteiger partial charge < -0.3 is 4.84 Å². The second-order valence-corrected chi connectivity index (χ2v) is 3.52. The van der Waals surface area contributed by atoms with Crippen LogP contribution in [-0.4, -0.2) is 23.1 Å². The van der Waals surface area contributed by atoms with Gasteiger partial charge in [0.05, 0.1) is 0 Å². The van der Waals surface area contributed by atoms with Crippen molar-refractivity contribution in [1.29, 1.82) is 0 Å². The summed E-state index contributed by atoms with van der Waals surface area (Å²) >= 11 is 1.29. The third-order valence-electron chi connectivity index (χ3n) is 1.41. The molecule has 1 aliphatic rings. The van der Waals surface area contributed by atoms with Crippen LogP contribution in [0.15, 0.2) is 5.16 Å². The van der Waals surface area contributed by atoms with E-state index in [0.29, 0.717) is 5.04 Å². The standard InChI is InChI=1S/C6H10FNOS/c1-6(2)4(7)5(10-3)8-9-6/h4H,1-3H3. The maximum absolute atomic E-state index is 13.1. The molecule has 2 nitrogen and oxygen atoms in total. The lowest BCUT2D eigenvalue weighted by Gasteiger charge is -2.17. The number of oxime groups is 1. The number of hydrogen-bond acceptors (Lipinski definition) is 3. The minimum Gasteiger partial charge on any atom is -0.385 e. The summed E-state index contributed by atoms with van der Waals surface area (Å²) in [5, 5.41) is 4.03. The van der Waals surface area contributed by atoms with E-state index in [1.807, 2.05) is 0 Å². The second-order valence-electron chi connectivity index (χ2n) is 2.69. The van der Waals surface area contributed by atoms with E-state index in [0.717, 1.165) is 0 Å². The number of alkyl halides is 1. The van der Waals surface area contributed by atoms with E-state index in [1.54, 1.807) is 20.1 Å². The molecule has 0 saturated heterocycles. The smallest absolute Gasteiger partial charge is 0.193 e. The largest absolute Gasteiger partial charge is 0.385 e. The van der Waals surface area contributed by atoms with Gasteiger partial charge in [-0.05, 0) is 20.1 Å². The summed E-state index contributed by atoms with van der Waals surface area (Å²) in [5.74, 6) is 0. The molecule has 0 aromatic heterocycles. The zero-order chi connectivity index (χ0) is 7.78. The van der Waals surface area contributed by atoms with E-state index >= 15 is 0 Å². The molecule has 1 rings (SSSR count). The molecule has 0 aromatic rings. The van der Waals surface area contributed by atoms with E-state index in [-0.39, 0.29) is 0 Å². The van der Waals surface area contributed by atoms with Gasteiger partial charge in [0.15, 0.2) is 16.8 Å². The summed E-state index contributed by atoms with van der Waals surface area (Å²) < 4.78 is 13.1. The Morgan fingerprint density at radius 1 is 1.70 bits per heavy atom. The number of halogens is 1. The molecule has 0 radical (unpaired) electrons. The van der Waals surface area contributed by atoms with Gasteiger partial charge in [-0.3, -0.25) is 0 Å². The Hall–Kier alpha value is -0.250. The normalized spacial score (nSPS) is 29.6. The van der Waals surface area contributed by atoms with Crippen LogP contribution in [-0.2, 0) is 4.84 Å². The van der Waals surface area contributed by atoms with Crippen LogP contribution in [0.4, 0.5) is 4.39 Å². The minimum atomic E-state index is -1.07. The predicted octanol–water partition coefficient (Wildman–Crippen LogP) is 1.81. The topological polar surface area (TPSA) is 21.6 Å². The first-order valence-electron chi connectivity index (χ1n) is 3.02. The summed E-state index contributed by atoms with van der Waals surface area (Å²) in [6.45, 7) is 3.37. The van der Waals surface area contributed by atoms with Crippen LogP contribution >= 0.6 is 11.8 Å². The van der Waals surface area contributed by atoms with E-state index in [4.69, 9.17) is 4.84 Å². The summed E-state index contributed by atoms with van der Waals surface area (Å²) in [4.78, 5) is 4.85. The Kier molecular flexibility index (Phi) is 1.90. The lowest BCUT2D eigenvalue weighted by atomic mass is 10.1. The Morgan fingerprint density at radius 2 is 2.30 bits per heavy atom. The van der Waals surface area contributed by atoms with Crippen molar-refractivity contribution in [2.75, 3.05) is 6.26 Å².